The molecule has 8 aromatic carbocycles. The summed E-state index contributed by atoms with van der Waals surface area (Å²) in [5, 5.41) is 0. The number of hydrogen-bond acceptors (Lipinski definition) is 2. The quantitative estimate of drug-likeness (QED) is 0.165. The van der Waals surface area contributed by atoms with Gasteiger partial charge in [0.05, 0.1) is 5.41 Å². The molecular weight excluding hydrogens is 871 g/mol. The van der Waals surface area contributed by atoms with Crippen LogP contribution in [0.1, 0.15) is 81.7 Å². The normalized spacial score (nSPS) is 22.5. The first kappa shape index (κ1) is 43.1. The summed E-state index contributed by atoms with van der Waals surface area (Å²) in [6, 6.07) is 70.0. The lowest BCUT2D eigenvalue weighted by atomic mass is 9.59. The van der Waals surface area contributed by atoms with Crippen LogP contribution in [0, 0.1) is 22.2 Å². The van der Waals surface area contributed by atoms with Crippen molar-refractivity contribution in [3.63, 3.8) is 0 Å². The molecule has 0 radical (unpaired) electrons. The third-order valence-electron chi connectivity index (χ3n) is 19.1. The first-order valence-electron chi connectivity index (χ1n) is 26.1. The second kappa shape index (κ2) is 15.4. The van der Waals surface area contributed by atoms with Gasteiger partial charge in [0.25, 0.3) is 0 Å². The summed E-state index contributed by atoms with van der Waals surface area (Å²) in [7, 11) is 0. The van der Waals surface area contributed by atoms with Gasteiger partial charge in [-0.25, -0.2) is 0 Å². The molecule has 1 saturated carbocycles. The molecule has 0 saturated heterocycles. The van der Waals surface area contributed by atoms with Gasteiger partial charge in [-0.1, -0.05) is 217 Å². The number of fused-ring (bicyclic) bond motifs is 13. The Kier molecular flexibility index (Phi) is 9.23. The zero-order valence-corrected chi connectivity index (χ0v) is 42.1. The van der Waals surface area contributed by atoms with Gasteiger partial charge >= 0.3 is 0 Å². The van der Waals surface area contributed by atoms with Gasteiger partial charge in [0.15, 0.2) is 0 Å². The summed E-state index contributed by atoms with van der Waals surface area (Å²) < 4.78 is 7.34. The predicted molar refractivity (Wildman–Crippen MR) is 299 cm³/mol. The van der Waals surface area contributed by atoms with E-state index in [1.54, 1.807) is 5.57 Å². The van der Waals surface area contributed by atoms with E-state index in [-0.39, 0.29) is 28.3 Å². The van der Waals surface area contributed by atoms with Crippen molar-refractivity contribution in [3.05, 3.63) is 257 Å². The SMILES string of the molecule is CC1(C)C2=CC3=C(CC2C(C)(C)C1(C)C)c1ccccc1C31c2ccccc2-c2cc3c(c(-c4ccc(N(c5ccc(-c6ccccc6)cc5)c5ccc(-c6ccccc6)cc5)cc4)c21)OC1C=CC=CC31. The van der Waals surface area contributed by atoms with E-state index in [9.17, 15) is 0 Å². The Morgan fingerprint density at radius 2 is 1.00 bits per heavy atom. The van der Waals surface area contributed by atoms with E-state index in [1.165, 1.54) is 83.5 Å². The topological polar surface area (TPSA) is 12.5 Å². The van der Waals surface area contributed by atoms with Crippen LogP contribution in [0.15, 0.2) is 230 Å². The monoisotopic (exact) mass is 929 g/mol. The van der Waals surface area contributed by atoms with E-state index < -0.39 is 5.41 Å². The summed E-state index contributed by atoms with van der Waals surface area (Å²) >= 11 is 0. The van der Waals surface area contributed by atoms with Gasteiger partial charge in [0, 0.05) is 34.1 Å². The van der Waals surface area contributed by atoms with Crippen LogP contribution in [0.5, 0.6) is 5.75 Å². The molecule has 350 valence electrons. The molecule has 4 unspecified atom stereocenters. The average Bonchev–Trinajstić information content (AvgIpc) is 4.08. The largest absolute Gasteiger partial charge is 0.484 e. The number of rotatable bonds is 6. The highest BCUT2D eigenvalue weighted by atomic mass is 16.5. The molecule has 0 amide bonds. The maximum Gasteiger partial charge on any atom is 0.132 e. The second-order valence-corrected chi connectivity index (χ2v) is 22.7. The smallest absolute Gasteiger partial charge is 0.132 e. The van der Waals surface area contributed by atoms with E-state index in [1.807, 2.05) is 0 Å². The molecule has 72 heavy (non-hydrogen) atoms. The summed E-state index contributed by atoms with van der Waals surface area (Å²) in [6.07, 6.45) is 12.7. The van der Waals surface area contributed by atoms with Crippen molar-refractivity contribution in [1.82, 2.24) is 0 Å². The highest BCUT2D eigenvalue weighted by Crippen LogP contribution is 2.74. The van der Waals surface area contributed by atoms with Gasteiger partial charge in [-0.2, -0.15) is 0 Å². The first-order valence-corrected chi connectivity index (χ1v) is 26.1. The van der Waals surface area contributed by atoms with Gasteiger partial charge in [0.2, 0.25) is 0 Å². The number of anilines is 3. The van der Waals surface area contributed by atoms with Crippen LogP contribution < -0.4 is 9.64 Å². The van der Waals surface area contributed by atoms with Gasteiger partial charge in [-0.05, 0) is 149 Å². The Balaban J connectivity index is 0.986. The van der Waals surface area contributed by atoms with Crippen molar-refractivity contribution in [2.75, 3.05) is 4.90 Å². The molecule has 1 heterocycles. The fourth-order valence-corrected chi connectivity index (χ4v) is 14.3. The number of ether oxygens (including phenoxy) is 1. The molecule has 8 aromatic rings. The molecule has 1 spiro atoms. The zero-order chi connectivity index (χ0) is 48.7. The molecule has 0 aromatic heterocycles. The Labute approximate surface area is 425 Å². The molecule has 2 heteroatoms. The Bertz CT molecular complexity index is 3560. The van der Waals surface area contributed by atoms with Gasteiger partial charge < -0.3 is 9.64 Å². The maximum atomic E-state index is 7.34. The first-order chi connectivity index (χ1) is 35.0. The lowest BCUT2D eigenvalue weighted by molar-refractivity contribution is 0.0409. The fourth-order valence-electron chi connectivity index (χ4n) is 14.3. The molecule has 6 aliphatic rings. The van der Waals surface area contributed by atoms with Crippen LogP contribution in [0.4, 0.5) is 17.1 Å². The average molecular weight is 930 g/mol. The van der Waals surface area contributed by atoms with E-state index in [4.69, 9.17) is 4.74 Å². The zero-order valence-electron chi connectivity index (χ0n) is 42.1. The van der Waals surface area contributed by atoms with Gasteiger partial charge in [-0.15, -0.1) is 0 Å². The summed E-state index contributed by atoms with van der Waals surface area (Å²) in [4.78, 5) is 2.40. The van der Waals surface area contributed by atoms with Crippen molar-refractivity contribution in [1.29, 1.82) is 0 Å². The van der Waals surface area contributed by atoms with Gasteiger partial charge in [-0.3, -0.25) is 0 Å². The van der Waals surface area contributed by atoms with Crippen LogP contribution in [-0.4, -0.2) is 6.10 Å². The molecule has 0 bridgehead atoms. The van der Waals surface area contributed by atoms with E-state index in [0.717, 1.165) is 29.2 Å². The van der Waals surface area contributed by atoms with E-state index >= 15 is 0 Å². The van der Waals surface area contributed by atoms with Crippen LogP contribution >= 0.6 is 0 Å². The van der Waals surface area contributed by atoms with Crippen LogP contribution in [0.2, 0.25) is 0 Å². The van der Waals surface area contributed by atoms with E-state index in [2.05, 4.69) is 265 Å². The third kappa shape index (κ3) is 5.78. The molecule has 0 N–H and O–H groups in total. The molecule has 5 aliphatic carbocycles. The molecule has 4 atom stereocenters. The summed E-state index contributed by atoms with van der Waals surface area (Å²) in [5.74, 6) is 1.60. The minimum Gasteiger partial charge on any atom is -0.484 e. The predicted octanol–water partition coefficient (Wildman–Crippen LogP) is 18.2. The lowest BCUT2D eigenvalue weighted by Crippen LogP contribution is -2.38. The summed E-state index contributed by atoms with van der Waals surface area (Å²) in [6.45, 7) is 15.2. The minimum absolute atomic E-state index is 0.000291. The van der Waals surface area contributed by atoms with Crippen molar-refractivity contribution in [2.45, 2.75) is 65.4 Å². The molecular formula is C70H59NO. The minimum atomic E-state index is -0.540. The fraction of sp³-hybridized carbons (Fsp3) is 0.200. The highest BCUT2D eigenvalue weighted by Gasteiger charge is 2.64. The Morgan fingerprint density at radius 3 is 1.60 bits per heavy atom. The standard InChI is InChI=1S/C70H59NO/c1-67(2)61-42-55-52-23-13-16-26-58(52)70(60(55)43-62(61)68(3,4)69(67,5)6)59-27-17-14-24-53(59)56-41-57-54-25-15-18-28-63(54)72-66(57)64(65(56)70)48-33-39-51(40-34-48)71(49-35-29-46(30-36-49)44-19-9-7-10-20-44)50-37-31-47(32-38-50)45-21-11-8-12-22-45/h7-41,43,54,61,63H,42H2,1-6H3. The summed E-state index contributed by atoms with van der Waals surface area (Å²) in [5.41, 5.74) is 24.2. The molecule has 1 aliphatic heterocycles. The number of hydrogen-bond donors (Lipinski definition) is 0. The lowest BCUT2D eigenvalue weighted by Gasteiger charge is -2.45. The number of nitrogens with zero attached hydrogens (tertiary/aromatic N) is 1. The second-order valence-electron chi connectivity index (χ2n) is 22.7. The number of benzene rings is 8. The van der Waals surface area contributed by atoms with E-state index in [0.29, 0.717) is 5.92 Å². The molecule has 1 fully saturated rings. The third-order valence-corrected chi connectivity index (χ3v) is 19.1. The van der Waals surface area contributed by atoms with Crippen molar-refractivity contribution in [2.24, 2.45) is 22.2 Å². The van der Waals surface area contributed by atoms with Crippen LogP contribution in [0.3, 0.4) is 0 Å². The number of allylic oxidation sites excluding steroid dienone is 6. The highest BCUT2D eigenvalue weighted by molar-refractivity contribution is 6.02. The molecule has 2 nitrogen and oxygen atoms in total. The van der Waals surface area contributed by atoms with Gasteiger partial charge in [0.1, 0.15) is 11.9 Å². The van der Waals surface area contributed by atoms with Crippen molar-refractivity contribution < 1.29 is 4.74 Å². The molecule has 14 rings (SSSR count). The Hall–Kier alpha value is -7.68. The maximum absolute atomic E-state index is 7.34. The van der Waals surface area contributed by atoms with Crippen molar-refractivity contribution in [3.8, 4) is 50.3 Å². The van der Waals surface area contributed by atoms with Crippen LogP contribution in [0.25, 0.3) is 50.1 Å². The van der Waals surface area contributed by atoms with Crippen molar-refractivity contribution >= 4 is 22.6 Å². The van der Waals surface area contributed by atoms with Crippen LogP contribution in [-0.2, 0) is 5.41 Å². The Morgan fingerprint density at radius 1 is 0.500 bits per heavy atom.